The van der Waals surface area contributed by atoms with Gasteiger partial charge >= 0.3 is 0 Å². The van der Waals surface area contributed by atoms with Crippen LogP contribution in [0.3, 0.4) is 0 Å². The van der Waals surface area contributed by atoms with E-state index in [4.69, 9.17) is 0 Å². The van der Waals surface area contributed by atoms with E-state index in [9.17, 15) is 4.79 Å². The molecule has 0 saturated heterocycles. The molecule has 0 spiro atoms. The van der Waals surface area contributed by atoms with E-state index in [-0.39, 0.29) is 5.91 Å². The molecule has 0 radical (unpaired) electrons. The summed E-state index contributed by atoms with van der Waals surface area (Å²) in [5.41, 5.74) is 1.49. The van der Waals surface area contributed by atoms with Gasteiger partial charge in [0.2, 0.25) is 5.91 Å². The van der Waals surface area contributed by atoms with Crippen LogP contribution >= 0.6 is 0 Å². The summed E-state index contributed by atoms with van der Waals surface area (Å²) in [4.78, 5) is 11.2. The van der Waals surface area contributed by atoms with Crippen LogP contribution in [0.25, 0.3) is 11.3 Å². The number of H-pyrrole nitrogens is 1. The number of aromatic amines is 1. The minimum Gasteiger partial charge on any atom is -0.304 e. The largest absolute Gasteiger partial charge is 0.304 e. The van der Waals surface area contributed by atoms with Crippen molar-refractivity contribution in [1.82, 2.24) is 15.4 Å². The maximum absolute atomic E-state index is 11.2. The Balaban J connectivity index is 2.33. The molecule has 5 nitrogen and oxygen atoms in total. The topological polar surface area (TPSA) is 70.7 Å². The number of amides is 1. The SMILES string of the molecule is C=CC(=O)Nc1n[nH]nc1-c1ccccc1. The summed E-state index contributed by atoms with van der Waals surface area (Å²) >= 11 is 0. The fourth-order valence-corrected chi connectivity index (χ4v) is 1.28. The molecule has 0 atom stereocenters. The van der Waals surface area contributed by atoms with E-state index < -0.39 is 0 Å². The molecule has 2 N–H and O–H groups in total. The molecule has 0 aliphatic heterocycles. The first-order valence-corrected chi connectivity index (χ1v) is 4.71. The summed E-state index contributed by atoms with van der Waals surface area (Å²) in [7, 11) is 0. The lowest BCUT2D eigenvalue weighted by Gasteiger charge is -2.00. The van der Waals surface area contributed by atoms with Crippen LogP contribution in [0.5, 0.6) is 0 Å². The number of hydrogen-bond donors (Lipinski definition) is 2. The van der Waals surface area contributed by atoms with Crippen LogP contribution in [0.1, 0.15) is 0 Å². The maximum Gasteiger partial charge on any atom is 0.249 e. The van der Waals surface area contributed by atoms with Crippen molar-refractivity contribution in [2.24, 2.45) is 0 Å². The molecule has 2 aromatic rings. The summed E-state index contributed by atoms with van der Waals surface area (Å²) in [5, 5.41) is 12.9. The van der Waals surface area contributed by atoms with Crippen LogP contribution in [-0.2, 0) is 4.79 Å². The number of nitrogens with zero attached hydrogens (tertiary/aromatic N) is 2. The third kappa shape index (κ3) is 1.98. The molecule has 1 aromatic heterocycles. The van der Waals surface area contributed by atoms with E-state index in [0.717, 1.165) is 5.56 Å². The molecule has 2 rings (SSSR count). The molecule has 0 aliphatic carbocycles. The summed E-state index contributed by atoms with van der Waals surface area (Å²) in [6, 6.07) is 9.47. The van der Waals surface area contributed by atoms with Crippen molar-refractivity contribution >= 4 is 11.7 Å². The molecule has 5 heteroatoms. The minimum absolute atomic E-state index is 0.314. The zero-order chi connectivity index (χ0) is 11.4. The Morgan fingerprint density at radius 1 is 1.31 bits per heavy atom. The fourth-order valence-electron chi connectivity index (χ4n) is 1.28. The highest BCUT2D eigenvalue weighted by atomic mass is 16.1. The van der Waals surface area contributed by atoms with Gasteiger partial charge in [-0.2, -0.15) is 10.3 Å². The number of anilines is 1. The van der Waals surface area contributed by atoms with Gasteiger partial charge in [-0.3, -0.25) is 4.79 Å². The van der Waals surface area contributed by atoms with Gasteiger partial charge in [0.1, 0.15) is 5.69 Å². The predicted molar refractivity (Wildman–Crippen MR) is 60.6 cm³/mol. The van der Waals surface area contributed by atoms with Gasteiger partial charge < -0.3 is 5.32 Å². The second kappa shape index (κ2) is 4.39. The highest BCUT2D eigenvalue weighted by molar-refractivity contribution is 6.00. The van der Waals surface area contributed by atoms with Crippen molar-refractivity contribution in [1.29, 1.82) is 0 Å². The molecule has 0 fully saturated rings. The predicted octanol–water partition coefficient (Wildman–Crippen LogP) is 1.60. The van der Waals surface area contributed by atoms with Crippen LogP contribution in [-0.4, -0.2) is 21.3 Å². The Kier molecular flexibility index (Phi) is 2.77. The number of rotatable bonds is 3. The number of aromatic nitrogens is 3. The fraction of sp³-hybridized carbons (Fsp3) is 0. The van der Waals surface area contributed by atoms with Gasteiger partial charge in [0.15, 0.2) is 5.82 Å². The molecule has 0 bridgehead atoms. The van der Waals surface area contributed by atoms with E-state index in [1.165, 1.54) is 6.08 Å². The van der Waals surface area contributed by atoms with Gasteiger partial charge in [0, 0.05) is 5.56 Å². The molecule has 0 saturated carbocycles. The van der Waals surface area contributed by atoms with Crippen LogP contribution in [0.15, 0.2) is 43.0 Å². The van der Waals surface area contributed by atoms with Crippen molar-refractivity contribution in [3.8, 4) is 11.3 Å². The quantitative estimate of drug-likeness (QED) is 0.762. The normalized spacial score (nSPS) is 9.75. The van der Waals surface area contributed by atoms with Crippen LogP contribution in [0.4, 0.5) is 5.82 Å². The second-order valence-electron chi connectivity index (χ2n) is 3.08. The zero-order valence-corrected chi connectivity index (χ0v) is 8.47. The highest BCUT2D eigenvalue weighted by Gasteiger charge is 2.10. The van der Waals surface area contributed by atoms with E-state index >= 15 is 0 Å². The molecule has 0 aliphatic rings. The number of benzene rings is 1. The van der Waals surface area contributed by atoms with Gasteiger partial charge in [-0.05, 0) is 6.08 Å². The lowest BCUT2D eigenvalue weighted by molar-refractivity contribution is -0.111. The lowest BCUT2D eigenvalue weighted by Crippen LogP contribution is -2.08. The zero-order valence-electron chi connectivity index (χ0n) is 8.47. The molecule has 16 heavy (non-hydrogen) atoms. The first-order valence-electron chi connectivity index (χ1n) is 4.71. The van der Waals surface area contributed by atoms with Gasteiger partial charge in [-0.25, -0.2) is 0 Å². The monoisotopic (exact) mass is 214 g/mol. The summed E-state index contributed by atoms with van der Waals surface area (Å²) in [6.45, 7) is 3.37. The Hall–Kier alpha value is -2.43. The third-order valence-electron chi connectivity index (χ3n) is 2.02. The first kappa shape index (κ1) is 10.1. The molecule has 1 aromatic carbocycles. The molecular weight excluding hydrogens is 204 g/mol. The first-order chi connectivity index (χ1) is 7.81. The lowest BCUT2D eigenvalue weighted by atomic mass is 10.1. The number of hydrogen-bond acceptors (Lipinski definition) is 3. The van der Waals surface area contributed by atoms with Crippen molar-refractivity contribution in [2.75, 3.05) is 5.32 Å². The molecular formula is C11H10N4O. The maximum atomic E-state index is 11.2. The van der Waals surface area contributed by atoms with Gasteiger partial charge in [0.05, 0.1) is 0 Å². The Morgan fingerprint density at radius 3 is 2.75 bits per heavy atom. The minimum atomic E-state index is -0.314. The standard InChI is InChI=1S/C11H10N4O/c1-2-9(16)12-11-10(13-15-14-11)8-6-4-3-5-7-8/h2-7H,1H2,(H2,12,13,14,15,16). The Morgan fingerprint density at radius 2 is 2.06 bits per heavy atom. The molecule has 0 unspecified atom stereocenters. The molecule has 1 heterocycles. The Bertz CT molecular complexity index is 504. The van der Waals surface area contributed by atoms with Gasteiger partial charge in [0.25, 0.3) is 0 Å². The van der Waals surface area contributed by atoms with Crippen molar-refractivity contribution in [2.45, 2.75) is 0 Å². The van der Waals surface area contributed by atoms with E-state index in [0.29, 0.717) is 11.5 Å². The number of carbonyl (C=O) groups excluding carboxylic acids is 1. The van der Waals surface area contributed by atoms with E-state index in [1.54, 1.807) is 0 Å². The van der Waals surface area contributed by atoms with Crippen LogP contribution < -0.4 is 5.32 Å². The van der Waals surface area contributed by atoms with Crippen molar-refractivity contribution in [3.05, 3.63) is 43.0 Å². The smallest absolute Gasteiger partial charge is 0.249 e. The summed E-state index contributed by atoms with van der Waals surface area (Å²) in [5.74, 6) is 0.0854. The number of nitrogens with one attached hydrogen (secondary N) is 2. The number of carbonyl (C=O) groups is 1. The third-order valence-corrected chi connectivity index (χ3v) is 2.02. The van der Waals surface area contributed by atoms with Gasteiger partial charge in [-0.15, -0.1) is 5.10 Å². The van der Waals surface area contributed by atoms with Crippen LogP contribution in [0.2, 0.25) is 0 Å². The molecule has 80 valence electrons. The van der Waals surface area contributed by atoms with Crippen LogP contribution in [0, 0.1) is 0 Å². The summed E-state index contributed by atoms with van der Waals surface area (Å²) in [6.07, 6.45) is 1.18. The van der Waals surface area contributed by atoms with Crippen molar-refractivity contribution < 1.29 is 4.79 Å². The van der Waals surface area contributed by atoms with Gasteiger partial charge in [-0.1, -0.05) is 36.9 Å². The average molecular weight is 214 g/mol. The molecule has 1 amide bonds. The Labute approximate surface area is 92.2 Å². The highest BCUT2D eigenvalue weighted by Crippen LogP contribution is 2.22. The second-order valence-corrected chi connectivity index (χ2v) is 3.08. The van der Waals surface area contributed by atoms with E-state index in [1.807, 2.05) is 30.3 Å². The average Bonchev–Trinajstić information content (AvgIpc) is 2.78. The summed E-state index contributed by atoms with van der Waals surface area (Å²) < 4.78 is 0. The van der Waals surface area contributed by atoms with E-state index in [2.05, 4.69) is 27.3 Å². The van der Waals surface area contributed by atoms with Crippen molar-refractivity contribution in [3.63, 3.8) is 0 Å².